The van der Waals surface area contributed by atoms with E-state index in [0.717, 1.165) is 5.39 Å². The Labute approximate surface area is 170 Å². The van der Waals surface area contributed by atoms with Crippen LogP contribution in [0.2, 0.25) is 0 Å². The summed E-state index contributed by atoms with van der Waals surface area (Å²) in [6, 6.07) is 13.5. The Hall–Kier alpha value is -2.84. The second-order valence-electron chi connectivity index (χ2n) is 6.29. The SMILES string of the molecule is CCOc1ccc(NC(=O)c2cc3ccccc3o2)cc1S(=O)(=O)N(CC)CC. The molecule has 0 saturated heterocycles. The molecule has 0 aliphatic carbocycles. The first-order valence-corrected chi connectivity index (χ1v) is 10.9. The van der Waals surface area contributed by atoms with Crippen molar-refractivity contribution in [2.45, 2.75) is 25.7 Å². The number of hydrogen-bond acceptors (Lipinski definition) is 5. The molecule has 8 heteroatoms. The number of rotatable bonds is 8. The summed E-state index contributed by atoms with van der Waals surface area (Å²) in [7, 11) is -3.76. The van der Waals surface area contributed by atoms with Gasteiger partial charge in [-0.3, -0.25) is 4.79 Å². The van der Waals surface area contributed by atoms with E-state index in [1.54, 1.807) is 45.0 Å². The number of carbonyl (C=O) groups excluding carboxylic acids is 1. The quantitative estimate of drug-likeness (QED) is 0.597. The Morgan fingerprint density at radius 1 is 1.07 bits per heavy atom. The van der Waals surface area contributed by atoms with Crippen molar-refractivity contribution >= 4 is 32.6 Å². The number of amides is 1. The van der Waals surface area contributed by atoms with Gasteiger partial charge in [0.05, 0.1) is 6.61 Å². The highest BCUT2D eigenvalue weighted by Gasteiger charge is 2.26. The first kappa shape index (κ1) is 20.9. The topological polar surface area (TPSA) is 88.8 Å². The third-order valence-corrected chi connectivity index (χ3v) is 6.55. The zero-order valence-electron chi connectivity index (χ0n) is 16.6. The maximum absolute atomic E-state index is 13.0. The number of anilines is 1. The number of furan rings is 1. The van der Waals surface area contributed by atoms with Crippen LogP contribution < -0.4 is 10.1 Å². The molecule has 0 spiro atoms. The van der Waals surface area contributed by atoms with E-state index in [0.29, 0.717) is 31.0 Å². The van der Waals surface area contributed by atoms with Gasteiger partial charge in [0.1, 0.15) is 16.2 Å². The highest BCUT2D eigenvalue weighted by Crippen LogP contribution is 2.30. The molecule has 0 fully saturated rings. The largest absolute Gasteiger partial charge is 0.492 e. The van der Waals surface area contributed by atoms with E-state index in [4.69, 9.17) is 9.15 Å². The van der Waals surface area contributed by atoms with Gasteiger partial charge >= 0.3 is 0 Å². The standard InChI is InChI=1S/C21H24N2O5S/c1-4-23(5-2)29(25,26)20-14-16(11-12-18(20)27-6-3)22-21(24)19-13-15-9-7-8-10-17(15)28-19/h7-14H,4-6H2,1-3H3,(H,22,24). The van der Waals surface area contributed by atoms with Crippen LogP contribution in [0.4, 0.5) is 5.69 Å². The van der Waals surface area contributed by atoms with Crippen molar-refractivity contribution in [3.05, 3.63) is 54.3 Å². The molecular formula is C21H24N2O5S. The summed E-state index contributed by atoms with van der Waals surface area (Å²) in [6.45, 7) is 6.32. The lowest BCUT2D eigenvalue weighted by Gasteiger charge is -2.21. The van der Waals surface area contributed by atoms with Crippen molar-refractivity contribution in [3.8, 4) is 5.75 Å². The van der Waals surface area contributed by atoms with E-state index in [1.165, 1.54) is 10.4 Å². The summed E-state index contributed by atoms with van der Waals surface area (Å²) < 4.78 is 38.5. The fourth-order valence-corrected chi connectivity index (χ4v) is 4.67. The first-order valence-electron chi connectivity index (χ1n) is 9.47. The van der Waals surface area contributed by atoms with Gasteiger partial charge in [-0.05, 0) is 37.3 Å². The number of benzene rings is 2. The summed E-state index contributed by atoms with van der Waals surface area (Å²) in [4.78, 5) is 12.6. The molecule has 7 nitrogen and oxygen atoms in total. The van der Waals surface area contributed by atoms with Crippen molar-refractivity contribution in [2.24, 2.45) is 0 Å². The summed E-state index contributed by atoms with van der Waals surface area (Å²) in [5.41, 5.74) is 0.943. The zero-order chi connectivity index (χ0) is 21.0. The fraction of sp³-hybridized carbons (Fsp3) is 0.286. The Balaban J connectivity index is 1.94. The maximum Gasteiger partial charge on any atom is 0.291 e. The number of nitrogens with one attached hydrogen (secondary N) is 1. The van der Waals surface area contributed by atoms with E-state index >= 15 is 0 Å². The van der Waals surface area contributed by atoms with Crippen LogP contribution in [0, 0.1) is 0 Å². The fourth-order valence-electron chi connectivity index (χ4n) is 3.05. The minimum Gasteiger partial charge on any atom is -0.492 e. The van der Waals surface area contributed by atoms with E-state index in [1.807, 2.05) is 18.2 Å². The highest BCUT2D eigenvalue weighted by atomic mass is 32.2. The zero-order valence-corrected chi connectivity index (χ0v) is 17.5. The predicted octanol–water partition coefficient (Wildman–Crippen LogP) is 4.11. The van der Waals surface area contributed by atoms with Gasteiger partial charge in [0.15, 0.2) is 5.76 Å². The molecule has 1 aromatic heterocycles. The Morgan fingerprint density at radius 3 is 2.45 bits per heavy atom. The molecular weight excluding hydrogens is 392 g/mol. The van der Waals surface area contributed by atoms with E-state index in [9.17, 15) is 13.2 Å². The van der Waals surface area contributed by atoms with Crippen LogP contribution in [0.1, 0.15) is 31.3 Å². The van der Waals surface area contributed by atoms with Crippen molar-refractivity contribution < 1.29 is 22.4 Å². The van der Waals surface area contributed by atoms with Crippen LogP contribution in [0.25, 0.3) is 11.0 Å². The molecule has 0 saturated carbocycles. The Bertz CT molecular complexity index is 1080. The van der Waals surface area contributed by atoms with Gasteiger partial charge in [-0.2, -0.15) is 4.31 Å². The molecule has 1 amide bonds. The molecule has 1 N–H and O–H groups in total. The van der Waals surface area contributed by atoms with Gasteiger partial charge in [-0.1, -0.05) is 32.0 Å². The molecule has 0 bridgehead atoms. The average molecular weight is 416 g/mol. The predicted molar refractivity (Wildman–Crippen MR) is 112 cm³/mol. The number of ether oxygens (including phenoxy) is 1. The molecule has 29 heavy (non-hydrogen) atoms. The molecule has 3 rings (SSSR count). The summed E-state index contributed by atoms with van der Waals surface area (Å²) in [6.07, 6.45) is 0. The van der Waals surface area contributed by atoms with Crippen molar-refractivity contribution in [3.63, 3.8) is 0 Å². The minimum atomic E-state index is -3.76. The Morgan fingerprint density at radius 2 is 1.79 bits per heavy atom. The minimum absolute atomic E-state index is 0.0189. The number of para-hydroxylation sites is 1. The van der Waals surface area contributed by atoms with Gasteiger partial charge in [-0.25, -0.2) is 8.42 Å². The number of hydrogen-bond donors (Lipinski definition) is 1. The summed E-state index contributed by atoms with van der Waals surface area (Å²) >= 11 is 0. The highest BCUT2D eigenvalue weighted by molar-refractivity contribution is 7.89. The van der Waals surface area contributed by atoms with Gasteiger partial charge < -0.3 is 14.5 Å². The van der Waals surface area contributed by atoms with Crippen LogP contribution >= 0.6 is 0 Å². The van der Waals surface area contributed by atoms with Crippen LogP contribution in [0.5, 0.6) is 5.75 Å². The van der Waals surface area contributed by atoms with Gasteiger partial charge in [0, 0.05) is 24.2 Å². The number of sulfonamides is 1. The van der Waals surface area contributed by atoms with Gasteiger partial charge in [0.2, 0.25) is 10.0 Å². The molecule has 1 heterocycles. The third kappa shape index (κ3) is 4.28. The Kier molecular flexibility index (Phi) is 6.24. The molecule has 3 aromatic rings. The van der Waals surface area contributed by atoms with Gasteiger partial charge in [-0.15, -0.1) is 0 Å². The van der Waals surface area contributed by atoms with E-state index in [-0.39, 0.29) is 16.4 Å². The lowest BCUT2D eigenvalue weighted by Crippen LogP contribution is -2.31. The molecule has 0 aliphatic rings. The van der Waals surface area contributed by atoms with Crippen LogP contribution in [0.3, 0.4) is 0 Å². The lowest BCUT2D eigenvalue weighted by atomic mass is 10.2. The number of carbonyl (C=O) groups is 1. The molecule has 154 valence electrons. The summed E-state index contributed by atoms with van der Waals surface area (Å²) in [5, 5.41) is 3.52. The second-order valence-corrected chi connectivity index (χ2v) is 8.19. The summed E-state index contributed by atoms with van der Waals surface area (Å²) in [5.74, 6) is -0.0640. The second kappa shape index (κ2) is 8.67. The van der Waals surface area contributed by atoms with E-state index < -0.39 is 15.9 Å². The molecule has 0 atom stereocenters. The van der Waals surface area contributed by atoms with Crippen molar-refractivity contribution in [1.29, 1.82) is 0 Å². The molecule has 2 aromatic carbocycles. The van der Waals surface area contributed by atoms with Crippen LogP contribution in [-0.4, -0.2) is 38.3 Å². The maximum atomic E-state index is 13.0. The monoisotopic (exact) mass is 416 g/mol. The number of nitrogens with zero attached hydrogens (tertiary/aromatic N) is 1. The molecule has 0 aliphatic heterocycles. The van der Waals surface area contributed by atoms with Crippen molar-refractivity contribution in [2.75, 3.05) is 25.0 Å². The first-order chi connectivity index (χ1) is 13.9. The molecule has 0 radical (unpaired) electrons. The third-order valence-electron chi connectivity index (χ3n) is 4.47. The smallest absolute Gasteiger partial charge is 0.291 e. The van der Waals surface area contributed by atoms with E-state index in [2.05, 4.69) is 5.32 Å². The lowest BCUT2D eigenvalue weighted by molar-refractivity contribution is 0.0998. The normalized spacial score (nSPS) is 11.7. The van der Waals surface area contributed by atoms with Crippen LogP contribution in [-0.2, 0) is 10.0 Å². The van der Waals surface area contributed by atoms with Crippen LogP contribution in [0.15, 0.2) is 57.8 Å². The average Bonchev–Trinajstić information content (AvgIpc) is 3.14. The van der Waals surface area contributed by atoms with Crippen molar-refractivity contribution in [1.82, 2.24) is 4.31 Å². The molecule has 0 unspecified atom stereocenters. The number of fused-ring (bicyclic) bond motifs is 1. The van der Waals surface area contributed by atoms with Gasteiger partial charge in [0.25, 0.3) is 5.91 Å².